The Morgan fingerprint density at radius 2 is 1.82 bits per heavy atom. The van der Waals surface area contributed by atoms with Gasteiger partial charge in [0.2, 0.25) is 5.91 Å². The zero-order valence-corrected chi connectivity index (χ0v) is 16.8. The monoisotopic (exact) mass is 416 g/mol. The molecule has 1 aromatic heterocycles. The lowest BCUT2D eigenvalue weighted by Gasteiger charge is -2.17. The van der Waals surface area contributed by atoms with Gasteiger partial charge < -0.3 is 10.2 Å². The van der Waals surface area contributed by atoms with Gasteiger partial charge in [-0.3, -0.25) is 9.59 Å². The summed E-state index contributed by atoms with van der Waals surface area (Å²) in [6.07, 6.45) is 0. The van der Waals surface area contributed by atoms with E-state index in [0.717, 1.165) is 5.69 Å². The minimum Gasteiger partial charge on any atom is -0.332 e. The van der Waals surface area contributed by atoms with Crippen LogP contribution in [0.4, 0.5) is 5.69 Å². The molecule has 0 saturated carbocycles. The first kappa shape index (κ1) is 19.9. The highest BCUT2D eigenvalue weighted by Crippen LogP contribution is 2.24. The second-order valence-electron chi connectivity index (χ2n) is 6.22. The van der Waals surface area contributed by atoms with Crippen LogP contribution < -0.4 is 5.32 Å². The number of nitrogens with one attached hydrogen (secondary N) is 1. The van der Waals surface area contributed by atoms with E-state index in [0.29, 0.717) is 16.4 Å². The molecule has 0 aliphatic carbocycles. The largest absolute Gasteiger partial charge is 0.332 e. The van der Waals surface area contributed by atoms with Crippen molar-refractivity contribution < 1.29 is 9.59 Å². The van der Waals surface area contributed by atoms with Crippen molar-refractivity contribution in [1.29, 1.82) is 0 Å². The highest BCUT2D eigenvalue weighted by molar-refractivity contribution is 6.33. The van der Waals surface area contributed by atoms with Gasteiger partial charge in [0.05, 0.1) is 23.5 Å². The molecule has 0 saturated heterocycles. The Kier molecular flexibility index (Phi) is 6.02. The molecule has 0 fully saturated rings. The van der Waals surface area contributed by atoms with E-state index in [1.807, 2.05) is 30.3 Å². The van der Waals surface area contributed by atoms with Crippen molar-refractivity contribution in [2.24, 2.45) is 0 Å². The number of aromatic nitrogens is 2. The van der Waals surface area contributed by atoms with Crippen LogP contribution in [0.15, 0.2) is 54.6 Å². The van der Waals surface area contributed by atoms with Gasteiger partial charge in [-0.25, -0.2) is 4.68 Å². The van der Waals surface area contributed by atoms with Crippen molar-refractivity contribution in [2.45, 2.75) is 6.92 Å². The number of carbonyl (C=O) groups excluding carboxylic acids is 2. The Bertz CT molecular complexity index is 1020. The summed E-state index contributed by atoms with van der Waals surface area (Å²) in [6, 6.07) is 16.1. The molecule has 1 heterocycles. The van der Waals surface area contributed by atoms with Gasteiger partial charge in [0, 0.05) is 17.8 Å². The number of carbonyl (C=O) groups is 2. The Morgan fingerprint density at radius 3 is 2.50 bits per heavy atom. The van der Waals surface area contributed by atoms with Crippen LogP contribution in [0.1, 0.15) is 16.1 Å². The van der Waals surface area contributed by atoms with Gasteiger partial charge in [-0.15, -0.1) is 0 Å². The number of hydrogen-bond acceptors (Lipinski definition) is 3. The Hall–Kier alpha value is -2.83. The molecule has 3 rings (SSSR count). The summed E-state index contributed by atoms with van der Waals surface area (Å²) < 4.78 is 1.50. The normalized spacial score (nSPS) is 10.6. The van der Waals surface area contributed by atoms with Crippen LogP contribution in [-0.2, 0) is 4.79 Å². The molecule has 1 N–H and O–H groups in total. The van der Waals surface area contributed by atoms with E-state index in [9.17, 15) is 9.59 Å². The average molecular weight is 417 g/mol. The molecule has 0 bridgehead atoms. The predicted molar refractivity (Wildman–Crippen MR) is 110 cm³/mol. The standard InChI is InChI=1S/C20H18Cl2N4O2/c1-13-18(19(22)26(24-13)16-9-4-3-5-10-16)20(28)25(2)12-17(27)23-15-8-6-7-14(21)11-15/h3-11H,12H2,1-2H3,(H,23,27). The van der Waals surface area contributed by atoms with Gasteiger partial charge in [-0.2, -0.15) is 5.10 Å². The van der Waals surface area contributed by atoms with E-state index in [-0.39, 0.29) is 29.1 Å². The number of hydrogen-bond donors (Lipinski definition) is 1. The smallest absolute Gasteiger partial charge is 0.259 e. The third-order valence-electron chi connectivity index (χ3n) is 4.05. The summed E-state index contributed by atoms with van der Waals surface area (Å²) in [4.78, 5) is 26.4. The van der Waals surface area contributed by atoms with Gasteiger partial charge in [-0.05, 0) is 37.3 Å². The second-order valence-corrected chi connectivity index (χ2v) is 7.01. The number of rotatable bonds is 5. The molecule has 2 amide bonds. The highest BCUT2D eigenvalue weighted by Gasteiger charge is 2.25. The first-order chi connectivity index (χ1) is 13.4. The third kappa shape index (κ3) is 4.35. The fourth-order valence-corrected chi connectivity index (χ4v) is 3.27. The first-order valence-corrected chi connectivity index (χ1v) is 9.24. The predicted octanol–water partition coefficient (Wildman–Crippen LogP) is 4.20. The molecule has 144 valence electrons. The zero-order valence-electron chi connectivity index (χ0n) is 15.3. The van der Waals surface area contributed by atoms with E-state index >= 15 is 0 Å². The lowest BCUT2D eigenvalue weighted by atomic mass is 10.2. The van der Waals surface area contributed by atoms with Crippen molar-refractivity contribution >= 4 is 40.7 Å². The number of anilines is 1. The van der Waals surface area contributed by atoms with Gasteiger partial charge in [0.1, 0.15) is 5.15 Å². The first-order valence-electron chi connectivity index (χ1n) is 8.48. The summed E-state index contributed by atoms with van der Waals surface area (Å²) in [6.45, 7) is 1.57. The van der Waals surface area contributed by atoms with Crippen LogP contribution in [0.2, 0.25) is 10.2 Å². The molecule has 0 unspecified atom stereocenters. The highest BCUT2D eigenvalue weighted by atomic mass is 35.5. The Labute approximate surface area is 172 Å². The lowest BCUT2D eigenvalue weighted by molar-refractivity contribution is -0.116. The van der Waals surface area contributed by atoms with E-state index in [4.69, 9.17) is 23.2 Å². The van der Waals surface area contributed by atoms with Crippen molar-refractivity contribution in [3.05, 3.63) is 76.0 Å². The van der Waals surface area contributed by atoms with E-state index in [2.05, 4.69) is 10.4 Å². The maximum absolute atomic E-state index is 12.9. The molecule has 0 aliphatic rings. The van der Waals surface area contributed by atoms with E-state index in [1.54, 1.807) is 31.2 Å². The SMILES string of the molecule is Cc1nn(-c2ccccc2)c(Cl)c1C(=O)N(C)CC(=O)Nc1cccc(Cl)c1. The van der Waals surface area contributed by atoms with Gasteiger partial charge >= 0.3 is 0 Å². The van der Waals surface area contributed by atoms with Gasteiger partial charge in [0.25, 0.3) is 5.91 Å². The fraction of sp³-hybridized carbons (Fsp3) is 0.150. The van der Waals surface area contributed by atoms with Crippen molar-refractivity contribution in [1.82, 2.24) is 14.7 Å². The molecule has 3 aromatic rings. The number of nitrogens with zero attached hydrogens (tertiary/aromatic N) is 3. The third-order valence-corrected chi connectivity index (χ3v) is 4.64. The van der Waals surface area contributed by atoms with Gasteiger partial charge in [-0.1, -0.05) is 47.5 Å². The summed E-state index contributed by atoms with van der Waals surface area (Å²) in [5, 5.41) is 7.79. The molecule has 0 atom stereocenters. The molecule has 28 heavy (non-hydrogen) atoms. The topological polar surface area (TPSA) is 67.2 Å². The van der Waals surface area contributed by atoms with Crippen molar-refractivity contribution in [3.8, 4) is 5.69 Å². The number of halogens is 2. The van der Waals surface area contributed by atoms with Crippen molar-refractivity contribution in [2.75, 3.05) is 18.9 Å². The molecular formula is C20H18Cl2N4O2. The van der Waals surface area contributed by atoms with Crippen LogP contribution in [0, 0.1) is 6.92 Å². The zero-order chi connectivity index (χ0) is 20.3. The second kappa shape index (κ2) is 8.46. The van der Waals surface area contributed by atoms with Crippen molar-refractivity contribution in [3.63, 3.8) is 0 Å². The number of para-hydroxylation sites is 1. The molecule has 6 nitrogen and oxygen atoms in total. The summed E-state index contributed by atoms with van der Waals surface area (Å²) in [7, 11) is 1.54. The number of likely N-dealkylation sites (N-methyl/N-ethyl adjacent to an activating group) is 1. The Balaban J connectivity index is 1.75. The summed E-state index contributed by atoms with van der Waals surface area (Å²) in [5.41, 5.74) is 2.06. The van der Waals surface area contributed by atoms with Crippen LogP contribution in [0.3, 0.4) is 0 Å². The number of aryl methyl sites for hydroxylation is 1. The van der Waals surface area contributed by atoms with Crippen LogP contribution in [0.5, 0.6) is 0 Å². The van der Waals surface area contributed by atoms with Crippen LogP contribution in [0.25, 0.3) is 5.69 Å². The lowest BCUT2D eigenvalue weighted by Crippen LogP contribution is -2.35. The van der Waals surface area contributed by atoms with Crippen LogP contribution >= 0.6 is 23.2 Å². The molecule has 8 heteroatoms. The van der Waals surface area contributed by atoms with E-state index < -0.39 is 0 Å². The number of amides is 2. The molecule has 0 radical (unpaired) electrons. The van der Waals surface area contributed by atoms with Gasteiger partial charge in [0.15, 0.2) is 0 Å². The molecular weight excluding hydrogens is 399 g/mol. The minimum atomic E-state index is -0.383. The maximum atomic E-state index is 12.9. The minimum absolute atomic E-state index is 0.141. The molecule has 0 aliphatic heterocycles. The molecule has 2 aromatic carbocycles. The Morgan fingerprint density at radius 1 is 1.11 bits per heavy atom. The summed E-state index contributed by atoms with van der Waals surface area (Å²) >= 11 is 12.3. The maximum Gasteiger partial charge on any atom is 0.259 e. The number of benzene rings is 2. The summed E-state index contributed by atoms with van der Waals surface area (Å²) in [5.74, 6) is -0.728. The van der Waals surface area contributed by atoms with Crippen LogP contribution in [-0.4, -0.2) is 40.1 Å². The quantitative estimate of drug-likeness (QED) is 0.677. The fourth-order valence-electron chi connectivity index (χ4n) is 2.73. The average Bonchev–Trinajstić information content (AvgIpc) is 2.96. The molecule has 0 spiro atoms. The van der Waals surface area contributed by atoms with E-state index in [1.165, 1.54) is 16.6 Å².